The van der Waals surface area contributed by atoms with Gasteiger partial charge in [-0.05, 0) is 29.4 Å². The number of alkyl halides is 3. The van der Waals surface area contributed by atoms with Crippen LogP contribution in [0.2, 0.25) is 0 Å². The van der Waals surface area contributed by atoms with Crippen molar-refractivity contribution in [3.8, 4) is 11.3 Å². The zero-order valence-corrected chi connectivity index (χ0v) is 10.8. The lowest BCUT2D eigenvalue weighted by Crippen LogP contribution is -2.14. The van der Waals surface area contributed by atoms with Crippen LogP contribution in [0.15, 0.2) is 28.9 Å². The van der Waals surface area contributed by atoms with E-state index in [4.69, 9.17) is 0 Å². The Bertz CT molecular complexity index is 640. The minimum atomic E-state index is -4.48. The Kier molecular flexibility index (Phi) is 4.10. The number of carbonyl (C=O) groups is 1. The summed E-state index contributed by atoms with van der Waals surface area (Å²) in [6.07, 6.45) is -5.29. The number of nitrogens with one attached hydrogen (secondary N) is 1. The highest BCUT2D eigenvalue weighted by Crippen LogP contribution is 2.33. The van der Waals surface area contributed by atoms with Gasteiger partial charge in [-0.15, -0.1) is 0 Å². The second-order valence-corrected chi connectivity index (χ2v) is 3.89. The SMILES string of the molecule is CCOC(=O)Nc1nonc1-c1cccc(C(F)(F)F)c1. The first kappa shape index (κ1) is 14.8. The molecule has 1 N–H and O–H groups in total. The number of hydrogen-bond acceptors (Lipinski definition) is 5. The van der Waals surface area contributed by atoms with Crippen molar-refractivity contribution in [1.29, 1.82) is 0 Å². The number of hydrogen-bond donors (Lipinski definition) is 1. The molecule has 0 unspecified atom stereocenters. The number of halogens is 3. The van der Waals surface area contributed by atoms with E-state index in [1.807, 2.05) is 0 Å². The Morgan fingerprint density at radius 1 is 1.38 bits per heavy atom. The number of nitrogens with zero attached hydrogens (tertiary/aromatic N) is 2. The highest BCUT2D eigenvalue weighted by atomic mass is 19.4. The van der Waals surface area contributed by atoms with Gasteiger partial charge in [0.1, 0.15) is 0 Å². The van der Waals surface area contributed by atoms with Gasteiger partial charge in [-0.2, -0.15) is 13.2 Å². The largest absolute Gasteiger partial charge is 0.450 e. The summed E-state index contributed by atoms with van der Waals surface area (Å²) in [7, 11) is 0. The molecule has 6 nitrogen and oxygen atoms in total. The summed E-state index contributed by atoms with van der Waals surface area (Å²) in [5, 5.41) is 9.16. The Labute approximate surface area is 116 Å². The van der Waals surface area contributed by atoms with Gasteiger partial charge in [0.05, 0.1) is 12.2 Å². The number of amides is 1. The monoisotopic (exact) mass is 301 g/mol. The summed E-state index contributed by atoms with van der Waals surface area (Å²) in [5.74, 6) is -0.118. The number of anilines is 1. The molecule has 1 amide bonds. The third-order valence-corrected chi connectivity index (χ3v) is 2.45. The van der Waals surface area contributed by atoms with E-state index in [9.17, 15) is 18.0 Å². The van der Waals surface area contributed by atoms with E-state index in [1.165, 1.54) is 12.1 Å². The van der Waals surface area contributed by atoms with Crippen molar-refractivity contribution in [3.05, 3.63) is 29.8 Å². The Balaban J connectivity index is 2.31. The fourth-order valence-corrected chi connectivity index (χ4v) is 1.57. The van der Waals surface area contributed by atoms with Crippen LogP contribution in [0.4, 0.5) is 23.8 Å². The van der Waals surface area contributed by atoms with Crippen molar-refractivity contribution >= 4 is 11.9 Å². The minimum absolute atomic E-state index is 0.0193. The maximum atomic E-state index is 12.7. The van der Waals surface area contributed by atoms with Crippen molar-refractivity contribution < 1.29 is 27.3 Å². The summed E-state index contributed by atoms with van der Waals surface area (Å²) >= 11 is 0. The number of ether oxygens (including phenoxy) is 1. The molecule has 0 fully saturated rings. The molecule has 1 aromatic heterocycles. The summed E-state index contributed by atoms with van der Waals surface area (Å²) in [6, 6.07) is 4.43. The van der Waals surface area contributed by atoms with Gasteiger partial charge >= 0.3 is 12.3 Å². The Hall–Kier alpha value is -2.58. The zero-order chi connectivity index (χ0) is 15.5. The van der Waals surface area contributed by atoms with Gasteiger partial charge in [0.2, 0.25) is 5.82 Å². The molecule has 0 saturated heterocycles. The molecule has 0 aliphatic heterocycles. The first-order chi connectivity index (χ1) is 9.91. The summed E-state index contributed by atoms with van der Waals surface area (Å²) in [5.41, 5.74) is -0.753. The van der Waals surface area contributed by atoms with E-state index in [-0.39, 0.29) is 23.7 Å². The first-order valence-corrected chi connectivity index (χ1v) is 5.85. The average molecular weight is 301 g/mol. The van der Waals surface area contributed by atoms with E-state index >= 15 is 0 Å². The molecule has 0 aliphatic carbocycles. The molecule has 1 aromatic carbocycles. The predicted molar refractivity (Wildman–Crippen MR) is 65.4 cm³/mol. The highest BCUT2D eigenvalue weighted by molar-refractivity contribution is 5.88. The van der Waals surface area contributed by atoms with E-state index in [0.29, 0.717) is 0 Å². The number of benzene rings is 1. The maximum absolute atomic E-state index is 12.7. The van der Waals surface area contributed by atoms with Crippen molar-refractivity contribution in [2.24, 2.45) is 0 Å². The molecule has 0 radical (unpaired) electrons. The fraction of sp³-hybridized carbons (Fsp3) is 0.250. The van der Waals surface area contributed by atoms with Gasteiger partial charge in [0.15, 0.2) is 5.69 Å². The lowest BCUT2D eigenvalue weighted by Gasteiger charge is -2.08. The molecular formula is C12H10F3N3O3. The summed E-state index contributed by atoms with van der Waals surface area (Å²) in [4.78, 5) is 11.3. The van der Waals surface area contributed by atoms with Gasteiger partial charge in [0, 0.05) is 5.56 Å². The Morgan fingerprint density at radius 2 is 2.14 bits per heavy atom. The number of aromatic nitrogens is 2. The molecule has 1 heterocycles. The van der Waals surface area contributed by atoms with Crippen LogP contribution in [0, 0.1) is 0 Å². The van der Waals surface area contributed by atoms with Gasteiger partial charge in [-0.3, -0.25) is 5.32 Å². The lowest BCUT2D eigenvalue weighted by molar-refractivity contribution is -0.137. The summed E-state index contributed by atoms with van der Waals surface area (Å²) in [6.45, 7) is 1.74. The summed E-state index contributed by atoms with van der Waals surface area (Å²) < 4.78 is 47.1. The Morgan fingerprint density at radius 3 is 2.81 bits per heavy atom. The molecule has 0 spiro atoms. The van der Waals surface area contributed by atoms with E-state index in [1.54, 1.807) is 6.92 Å². The molecule has 2 aromatic rings. The van der Waals surface area contributed by atoms with E-state index < -0.39 is 17.8 Å². The lowest BCUT2D eigenvalue weighted by atomic mass is 10.1. The van der Waals surface area contributed by atoms with Crippen LogP contribution in [0.5, 0.6) is 0 Å². The topological polar surface area (TPSA) is 77.2 Å². The fourth-order valence-electron chi connectivity index (χ4n) is 1.57. The van der Waals surface area contributed by atoms with Crippen molar-refractivity contribution in [2.75, 3.05) is 11.9 Å². The first-order valence-electron chi connectivity index (χ1n) is 5.85. The van der Waals surface area contributed by atoms with Crippen molar-refractivity contribution in [1.82, 2.24) is 10.3 Å². The van der Waals surface area contributed by atoms with Crippen LogP contribution < -0.4 is 5.32 Å². The van der Waals surface area contributed by atoms with E-state index in [0.717, 1.165) is 12.1 Å². The molecule has 0 aliphatic rings. The second kappa shape index (κ2) is 5.81. The quantitative estimate of drug-likeness (QED) is 0.941. The minimum Gasteiger partial charge on any atom is -0.450 e. The number of rotatable bonds is 3. The molecule has 21 heavy (non-hydrogen) atoms. The second-order valence-electron chi connectivity index (χ2n) is 3.89. The smallest absolute Gasteiger partial charge is 0.416 e. The van der Waals surface area contributed by atoms with Gasteiger partial charge in [-0.25, -0.2) is 9.42 Å². The van der Waals surface area contributed by atoms with Crippen LogP contribution >= 0.6 is 0 Å². The third kappa shape index (κ3) is 3.50. The molecule has 2 rings (SSSR count). The van der Waals surface area contributed by atoms with Gasteiger partial charge in [0.25, 0.3) is 0 Å². The van der Waals surface area contributed by atoms with E-state index in [2.05, 4.69) is 25.0 Å². The van der Waals surface area contributed by atoms with Crippen LogP contribution in [0.1, 0.15) is 12.5 Å². The molecular weight excluding hydrogens is 291 g/mol. The predicted octanol–water partition coefficient (Wildman–Crippen LogP) is 3.32. The third-order valence-electron chi connectivity index (χ3n) is 2.45. The maximum Gasteiger partial charge on any atom is 0.416 e. The normalized spacial score (nSPS) is 11.2. The zero-order valence-electron chi connectivity index (χ0n) is 10.8. The van der Waals surface area contributed by atoms with Crippen LogP contribution in [-0.2, 0) is 10.9 Å². The van der Waals surface area contributed by atoms with Gasteiger partial charge in [-0.1, -0.05) is 12.1 Å². The van der Waals surface area contributed by atoms with Crippen LogP contribution in [0.3, 0.4) is 0 Å². The van der Waals surface area contributed by atoms with Crippen LogP contribution in [0.25, 0.3) is 11.3 Å². The molecule has 0 saturated carbocycles. The van der Waals surface area contributed by atoms with Crippen LogP contribution in [-0.4, -0.2) is 23.0 Å². The standard InChI is InChI=1S/C12H10F3N3O3/c1-2-20-11(19)16-10-9(17-21-18-10)7-4-3-5-8(6-7)12(13,14)15/h3-6H,2H2,1H3,(H,16,18,19). The van der Waals surface area contributed by atoms with Crippen molar-refractivity contribution in [2.45, 2.75) is 13.1 Å². The highest BCUT2D eigenvalue weighted by Gasteiger charge is 2.31. The molecule has 0 atom stereocenters. The van der Waals surface area contributed by atoms with Gasteiger partial charge < -0.3 is 4.74 Å². The average Bonchev–Trinajstić information content (AvgIpc) is 2.86. The number of carbonyl (C=O) groups excluding carboxylic acids is 1. The molecule has 0 bridgehead atoms. The molecule has 112 valence electrons. The molecule has 9 heteroatoms. The van der Waals surface area contributed by atoms with Crippen molar-refractivity contribution in [3.63, 3.8) is 0 Å².